The molecule has 0 unspecified atom stereocenters. The highest BCUT2D eigenvalue weighted by Gasteiger charge is 2.38. The van der Waals surface area contributed by atoms with Gasteiger partial charge >= 0.3 is 6.18 Å². The van der Waals surface area contributed by atoms with Gasteiger partial charge in [-0.05, 0) is 62.6 Å². The summed E-state index contributed by atoms with van der Waals surface area (Å²) >= 11 is 0. The predicted octanol–water partition coefficient (Wildman–Crippen LogP) is 5.85. The first-order chi connectivity index (χ1) is 17.2. The van der Waals surface area contributed by atoms with Crippen molar-refractivity contribution in [3.8, 4) is 11.6 Å². The van der Waals surface area contributed by atoms with Gasteiger partial charge in [-0.2, -0.15) is 18.3 Å². The van der Waals surface area contributed by atoms with Crippen LogP contribution < -0.4 is 4.74 Å². The Bertz CT molecular complexity index is 1420. The van der Waals surface area contributed by atoms with Crippen LogP contribution in [-0.4, -0.2) is 36.4 Å². The van der Waals surface area contributed by atoms with Crippen LogP contribution in [0.5, 0.6) is 5.88 Å². The molecule has 0 saturated heterocycles. The Hall–Kier alpha value is -3.95. The van der Waals surface area contributed by atoms with Crippen LogP contribution >= 0.6 is 0 Å². The van der Waals surface area contributed by atoms with Gasteiger partial charge in [0, 0.05) is 12.1 Å². The van der Waals surface area contributed by atoms with E-state index in [0.717, 1.165) is 17.4 Å². The third-order valence-corrected chi connectivity index (χ3v) is 6.37. The maximum atomic E-state index is 13.7. The molecule has 0 amide bonds. The van der Waals surface area contributed by atoms with E-state index in [9.17, 15) is 13.2 Å². The zero-order chi connectivity index (χ0) is 25.4. The first-order valence-corrected chi connectivity index (χ1v) is 11.6. The zero-order valence-corrected chi connectivity index (χ0v) is 20.1. The van der Waals surface area contributed by atoms with E-state index in [2.05, 4.69) is 20.1 Å². The standard InChI is InChI=1S/C26H25F3N6O/c1-16-14-34(15-30-16)22-12-9-18(31-25(22)36-3)10-13-23-32-24-20(11-8-17(2)35(24)33-23)19-6-4-5-7-21(19)26(27,28)29/h4-7,9-10,12-15,17,20H,8,11H2,1-3H3/t17-,20-/m0/s1. The molecule has 7 nitrogen and oxygen atoms in total. The molecule has 0 saturated carbocycles. The summed E-state index contributed by atoms with van der Waals surface area (Å²) in [6.07, 6.45) is 3.90. The number of hydrogen-bond donors (Lipinski definition) is 0. The zero-order valence-electron chi connectivity index (χ0n) is 20.1. The molecule has 0 radical (unpaired) electrons. The van der Waals surface area contributed by atoms with Crippen molar-refractivity contribution in [2.45, 2.75) is 44.8 Å². The molecule has 36 heavy (non-hydrogen) atoms. The second kappa shape index (κ2) is 9.25. The van der Waals surface area contributed by atoms with Gasteiger partial charge in [-0.15, -0.1) is 0 Å². The van der Waals surface area contributed by atoms with Gasteiger partial charge in [-0.3, -0.25) is 0 Å². The highest BCUT2D eigenvalue weighted by molar-refractivity contribution is 5.65. The molecule has 4 heterocycles. The lowest BCUT2D eigenvalue weighted by atomic mass is 9.86. The Balaban J connectivity index is 1.46. The number of benzene rings is 1. The number of nitrogens with zero attached hydrogens (tertiary/aromatic N) is 6. The lowest BCUT2D eigenvalue weighted by molar-refractivity contribution is -0.138. The number of aryl methyl sites for hydroxylation is 1. The summed E-state index contributed by atoms with van der Waals surface area (Å²) < 4.78 is 50.1. The lowest BCUT2D eigenvalue weighted by Gasteiger charge is -2.28. The molecule has 0 spiro atoms. The molecule has 3 aromatic heterocycles. The number of hydrogen-bond acceptors (Lipinski definition) is 5. The molecule has 0 N–H and O–H groups in total. The molecule has 10 heteroatoms. The SMILES string of the molecule is COc1nc(C=Cc2nc3n(n2)[C@@H](C)CC[C@H]3c2ccccc2C(F)(F)F)ccc1-n1cnc(C)c1. The van der Waals surface area contributed by atoms with E-state index in [1.165, 1.54) is 12.1 Å². The summed E-state index contributed by atoms with van der Waals surface area (Å²) in [6, 6.07) is 9.48. The number of aromatic nitrogens is 6. The van der Waals surface area contributed by atoms with E-state index in [0.29, 0.717) is 36.1 Å². The van der Waals surface area contributed by atoms with Crippen LogP contribution in [0.4, 0.5) is 13.2 Å². The van der Waals surface area contributed by atoms with Gasteiger partial charge in [0.2, 0.25) is 5.88 Å². The molecule has 1 aromatic carbocycles. The second-order valence-electron chi connectivity index (χ2n) is 8.86. The summed E-state index contributed by atoms with van der Waals surface area (Å²) in [7, 11) is 1.55. The minimum atomic E-state index is -4.43. The summed E-state index contributed by atoms with van der Waals surface area (Å²) in [5, 5.41) is 4.59. The van der Waals surface area contributed by atoms with Crippen LogP contribution in [0.1, 0.15) is 65.9 Å². The molecule has 0 bridgehead atoms. The largest absolute Gasteiger partial charge is 0.479 e. The van der Waals surface area contributed by atoms with Gasteiger partial charge in [0.1, 0.15) is 11.5 Å². The highest BCUT2D eigenvalue weighted by atomic mass is 19.4. The molecule has 186 valence electrons. The Labute approximate surface area is 206 Å². The number of fused-ring (bicyclic) bond motifs is 1. The number of pyridine rings is 1. The fourth-order valence-corrected chi connectivity index (χ4v) is 4.60. The Morgan fingerprint density at radius 2 is 1.86 bits per heavy atom. The van der Waals surface area contributed by atoms with Crippen LogP contribution in [0.3, 0.4) is 0 Å². The van der Waals surface area contributed by atoms with Crippen molar-refractivity contribution >= 4 is 12.2 Å². The monoisotopic (exact) mass is 494 g/mol. The number of methoxy groups -OCH3 is 1. The Kier molecular flexibility index (Phi) is 6.11. The fraction of sp³-hybridized carbons (Fsp3) is 0.308. The molecule has 1 aliphatic rings. The molecule has 0 aliphatic carbocycles. The molecule has 4 aromatic rings. The van der Waals surface area contributed by atoms with E-state index in [-0.39, 0.29) is 11.6 Å². The van der Waals surface area contributed by atoms with Gasteiger partial charge < -0.3 is 9.30 Å². The third-order valence-electron chi connectivity index (χ3n) is 6.37. The van der Waals surface area contributed by atoms with Crippen LogP contribution in [-0.2, 0) is 6.18 Å². The molecular weight excluding hydrogens is 469 g/mol. The third kappa shape index (κ3) is 4.50. The molecule has 5 rings (SSSR count). The summed E-state index contributed by atoms with van der Waals surface area (Å²) in [5.41, 5.74) is 1.87. The normalized spacial score (nSPS) is 17.9. The summed E-state index contributed by atoms with van der Waals surface area (Å²) in [6.45, 7) is 3.90. The molecule has 1 aliphatic heterocycles. The predicted molar refractivity (Wildman–Crippen MR) is 129 cm³/mol. The number of ether oxygens (including phenoxy) is 1. The quantitative estimate of drug-likeness (QED) is 0.348. The van der Waals surface area contributed by atoms with Crippen molar-refractivity contribution in [3.05, 3.63) is 83.1 Å². The highest BCUT2D eigenvalue weighted by Crippen LogP contribution is 2.42. The topological polar surface area (TPSA) is 70.7 Å². The Morgan fingerprint density at radius 1 is 1.06 bits per heavy atom. The van der Waals surface area contributed by atoms with Crippen LogP contribution in [0.15, 0.2) is 48.9 Å². The van der Waals surface area contributed by atoms with Crippen molar-refractivity contribution in [3.63, 3.8) is 0 Å². The van der Waals surface area contributed by atoms with Gasteiger partial charge in [0.15, 0.2) is 5.82 Å². The van der Waals surface area contributed by atoms with Crippen molar-refractivity contribution in [1.82, 2.24) is 29.3 Å². The van der Waals surface area contributed by atoms with Crippen molar-refractivity contribution in [1.29, 1.82) is 0 Å². The minimum absolute atomic E-state index is 0.0417. The molecular formula is C26H25F3N6O. The number of imidazole rings is 1. The van der Waals surface area contributed by atoms with E-state index in [1.54, 1.807) is 36.3 Å². The summed E-state index contributed by atoms with van der Waals surface area (Å²) in [5.74, 6) is 0.915. The average molecular weight is 495 g/mol. The van der Waals surface area contributed by atoms with Crippen LogP contribution in [0, 0.1) is 6.92 Å². The van der Waals surface area contributed by atoms with Gasteiger partial charge in [-0.25, -0.2) is 19.6 Å². The van der Waals surface area contributed by atoms with E-state index in [1.807, 2.05) is 36.7 Å². The Morgan fingerprint density at radius 3 is 2.58 bits per heavy atom. The molecule has 2 atom stereocenters. The van der Waals surface area contributed by atoms with Crippen LogP contribution in [0.25, 0.3) is 17.8 Å². The summed E-state index contributed by atoms with van der Waals surface area (Å²) in [4.78, 5) is 13.4. The maximum absolute atomic E-state index is 13.7. The smallest absolute Gasteiger partial charge is 0.416 e. The first-order valence-electron chi connectivity index (χ1n) is 11.6. The van der Waals surface area contributed by atoms with E-state index in [4.69, 9.17) is 4.74 Å². The van der Waals surface area contributed by atoms with Crippen LogP contribution in [0.2, 0.25) is 0 Å². The fourth-order valence-electron chi connectivity index (χ4n) is 4.60. The van der Waals surface area contributed by atoms with Gasteiger partial charge in [0.05, 0.1) is 36.4 Å². The van der Waals surface area contributed by atoms with E-state index >= 15 is 0 Å². The van der Waals surface area contributed by atoms with E-state index < -0.39 is 17.7 Å². The minimum Gasteiger partial charge on any atom is -0.479 e. The van der Waals surface area contributed by atoms with Crippen molar-refractivity contribution in [2.75, 3.05) is 7.11 Å². The van der Waals surface area contributed by atoms with Gasteiger partial charge in [0.25, 0.3) is 0 Å². The first kappa shape index (κ1) is 23.8. The lowest BCUT2D eigenvalue weighted by Crippen LogP contribution is -2.23. The second-order valence-corrected chi connectivity index (χ2v) is 8.86. The van der Waals surface area contributed by atoms with Crippen molar-refractivity contribution in [2.24, 2.45) is 0 Å². The number of rotatable bonds is 5. The number of alkyl halides is 3. The van der Waals surface area contributed by atoms with Crippen molar-refractivity contribution < 1.29 is 17.9 Å². The average Bonchev–Trinajstić information content (AvgIpc) is 3.49. The number of halogens is 3. The molecule has 0 fully saturated rings. The van der Waals surface area contributed by atoms with Gasteiger partial charge in [-0.1, -0.05) is 18.2 Å². The maximum Gasteiger partial charge on any atom is 0.416 e.